The van der Waals surface area contributed by atoms with Crippen LogP contribution in [0.5, 0.6) is 5.75 Å². The number of nitrogens with zero attached hydrogens (tertiary/aromatic N) is 2. The molecule has 5 rings (SSSR count). The quantitative estimate of drug-likeness (QED) is 0.250. The highest BCUT2D eigenvalue weighted by Gasteiger charge is 2.28. The number of aryl methyl sites for hydroxylation is 1. The second-order valence-electron chi connectivity index (χ2n) is 8.14. The Kier molecular flexibility index (Phi) is 6.49. The van der Waals surface area contributed by atoms with E-state index >= 15 is 4.39 Å². The summed E-state index contributed by atoms with van der Waals surface area (Å²) in [5, 5.41) is 15.4. The average Bonchev–Trinajstić information content (AvgIpc) is 2.80. The largest absolute Gasteiger partial charge is 0.487 e. The number of carboxylic acid groups (broad SMARTS) is 1. The maximum atomic E-state index is 15.1. The number of aromatic amines is 1. The highest BCUT2D eigenvalue weighted by molar-refractivity contribution is 6.03. The zero-order valence-electron chi connectivity index (χ0n) is 19.2. The van der Waals surface area contributed by atoms with E-state index in [9.17, 15) is 14.7 Å². The maximum absolute atomic E-state index is 15.1. The third-order valence-electron chi connectivity index (χ3n) is 5.57. The van der Waals surface area contributed by atoms with Crippen LogP contribution in [-0.4, -0.2) is 38.6 Å². The molecule has 0 atom stereocenters. The number of benzene rings is 2. The minimum atomic E-state index is -1.38. The standard InChI is InChI=1S/C21H20FN5O4.C3H8/c22-15-16(23)14-18-20(31-9-8-26(18)10-11(19(14)28)21(29)30)17(15)24-6-3-7-27-13-5-2-1-4-12(13)25-27;1-3-2/h1-2,4-5,10,24-25H,3,6-9,23H2,(H,29,30);3H2,1-2H3. The van der Waals surface area contributed by atoms with Crippen molar-refractivity contribution in [1.82, 2.24) is 14.3 Å². The van der Waals surface area contributed by atoms with E-state index in [1.54, 1.807) is 4.57 Å². The molecule has 1 aliphatic heterocycles. The fourth-order valence-corrected chi connectivity index (χ4v) is 4.08. The molecule has 0 amide bonds. The van der Waals surface area contributed by atoms with Crippen LogP contribution in [0.4, 0.5) is 15.8 Å². The van der Waals surface area contributed by atoms with E-state index < -0.39 is 22.8 Å². The van der Waals surface area contributed by atoms with Gasteiger partial charge in [-0.1, -0.05) is 32.4 Å². The van der Waals surface area contributed by atoms with Crippen molar-refractivity contribution in [3.8, 4) is 5.75 Å². The summed E-state index contributed by atoms with van der Waals surface area (Å²) >= 11 is 0. The first-order valence-electron chi connectivity index (χ1n) is 11.3. The number of pyridine rings is 1. The molecule has 2 aromatic carbocycles. The monoisotopic (exact) mass is 469 g/mol. The first-order valence-corrected chi connectivity index (χ1v) is 11.3. The van der Waals surface area contributed by atoms with Crippen LogP contribution in [0.1, 0.15) is 37.0 Å². The van der Waals surface area contributed by atoms with Gasteiger partial charge in [-0.25, -0.2) is 9.18 Å². The number of fused-ring (bicyclic) bond motifs is 1. The van der Waals surface area contributed by atoms with E-state index in [1.807, 2.05) is 28.9 Å². The lowest BCUT2D eigenvalue weighted by Gasteiger charge is -2.25. The van der Waals surface area contributed by atoms with Gasteiger partial charge in [0.05, 0.1) is 34.2 Å². The second-order valence-corrected chi connectivity index (χ2v) is 8.14. The van der Waals surface area contributed by atoms with Gasteiger partial charge in [0.15, 0.2) is 11.6 Å². The van der Waals surface area contributed by atoms with Crippen LogP contribution in [0, 0.1) is 5.82 Å². The summed E-state index contributed by atoms with van der Waals surface area (Å²) in [5.74, 6) is -2.02. The molecule has 0 radical (unpaired) electrons. The summed E-state index contributed by atoms with van der Waals surface area (Å²) in [4.78, 5) is 24.1. The van der Waals surface area contributed by atoms with Crippen molar-refractivity contribution in [2.24, 2.45) is 0 Å². The molecular formula is C24H28FN5O4. The van der Waals surface area contributed by atoms with Gasteiger partial charge in [0, 0.05) is 19.3 Å². The van der Waals surface area contributed by atoms with Crippen molar-refractivity contribution in [3.05, 3.63) is 52.1 Å². The second kappa shape index (κ2) is 9.50. The number of nitrogens with one attached hydrogen (secondary N) is 2. The normalized spacial score (nSPS) is 12.3. The molecule has 9 nitrogen and oxygen atoms in total. The van der Waals surface area contributed by atoms with E-state index in [4.69, 9.17) is 10.5 Å². The van der Waals surface area contributed by atoms with Gasteiger partial charge in [0.2, 0.25) is 5.43 Å². The highest BCUT2D eigenvalue weighted by atomic mass is 19.1. The zero-order chi connectivity index (χ0) is 24.4. The Balaban J connectivity index is 0.000000868. The number of para-hydroxylation sites is 2. The lowest BCUT2D eigenvalue weighted by molar-refractivity contribution is 0.0694. The summed E-state index contributed by atoms with van der Waals surface area (Å²) in [6, 6.07) is 7.94. The molecular weight excluding hydrogens is 441 g/mol. The molecule has 0 spiro atoms. The molecule has 34 heavy (non-hydrogen) atoms. The fourth-order valence-electron chi connectivity index (χ4n) is 4.08. The molecule has 1 aliphatic rings. The van der Waals surface area contributed by atoms with Crippen molar-refractivity contribution in [3.63, 3.8) is 0 Å². The number of anilines is 2. The Morgan fingerprint density at radius 1 is 1.32 bits per heavy atom. The number of nitrogens with two attached hydrogens (primary N) is 1. The van der Waals surface area contributed by atoms with Gasteiger partial charge in [0.1, 0.15) is 17.9 Å². The molecule has 4 aromatic rings. The van der Waals surface area contributed by atoms with Gasteiger partial charge < -0.3 is 25.5 Å². The summed E-state index contributed by atoms with van der Waals surface area (Å²) in [6.07, 6.45) is 3.20. The summed E-state index contributed by atoms with van der Waals surface area (Å²) in [5.41, 5.74) is 6.86. The van der Waals surface area contributed by atoms with Gasteiger partial charge >= 0.3 is 5.97 Å². The number of carbonyl (C=O) groups is 1. The van der Waals surface area contributed by atoms with E-state index in [1.165, 1.54) is 12.6 Å². The van der Waals surface area contributed by atoms with E-state index in [0.717, 1.165) is 11.0 Å². The molecule has 0 unspecified atom stereocenters. The van der Waals surface area contributed by atoms with Crippen molar-refractivity contribution in [2.75, 3.05) is 24.2 Å². The van der Waals surface area contributed by atoms with Gasteiger partial charge in [0.25, 0.3) is 0 Å². The van der Waals surface area contributed by atoms with Gasteiger partial charge in [-0.3, -0.25) is 14.6 Å². The number of halogens is 1. The summed E-state index contributed by atoms with van der Waals surface area (Å²) in [7, 11) is 0. The molecule has 0 saturated heterocycles. The smallest absolute Gasteiger partial charge is 0.341 e. The highest BCUT2D eigenvalue weighted by Crippen LogP contribution is 2.41. The molecule has 0 saturated carbocycles. The topological polar surface area (TPSA) is 127 Å². The zero-order valence-corrected chi connectivity index (χ0v) is 19.2. The number of carboxylic acids is 1. The minimum Gasteiger partial charge on any atom is -0.487 e. The first-order chi connectivity index (χ1) is 16.4. The summed E-state index contributed by atoms with van der Waals surface area (Å²) < 4.78 is 24.4. The molecule has 0 bridgehead atoms. The van der Waals surface area contributed by atoms with Crippen LogP contribution in [0.3, 0.4) is 0 Å². The van der Waals surface area contributed by atoms with Crippen LogP contribution < -0.4 is 21.2 Å². The predicted octanol–water partition coefficient (Wildman–Crippen LogP) is 4.01. The molecule has 5 N–H and O–H groups in total. The van der Waals surface area contributed by atoms with Crippen LogP contribution in [0.2, 0.25) is 0 Å². The van der Waals surface area contributed by atoms with Crippen LogP contribution in [0.25, 0.3) is 21.9 Å². The van der Waals surface area contributed by atoms with E-state index in [-0.39, 0.29) is 29.1 Å². The Bertz CT molecular complexity index is 1420. The fraction of sp³-hybridized carbons (Fsp3) is 0.333. The van der Waals surface area contributed by atoms with Crippen LogP contribution in [-0.2, 0) is 13.1 Å². The van der Waals surface area contributed by atoms with Gasteiger partial charge in [-0.05, 0) is 18.6 Å². The number of hydrogen-bond donors (Lipinski definition) is 4. The van der Waals surface area contributed by atoms with Crippen LogP contribution in [0.15, 0.2) is 35.3 Å². The number of ether oxygens (including phenoxy) is 1. The van der Waals surface area contributed by atoms with Crippen molar-refractivity contribution in [2.45, 2.75) is 39.8 Å². The number of aromatic carboxylic acids is 1. The van der Waals surface area contributed by atoms with Crippen molar-refractivity contribution in [1.29, 1.82) is 0 Å². The Labute approximate surface area is 194 Å². The lowest BCUT2D eigenvalue weighted by Crippen LogP contribution is -2.26. The summed E-state index contributed by atoms with van der Waals surface area (Å²) in [6.45, 7) is 5.94. The number of aromatic nitrogens is 3. The number of nitrogen functional groups attached to an aromatic ring is 1. The molecule has 2 aromatic heterocycles. The molecule has 0 fully saturated rings. The molecule has 10 heteroatoms. The van der Waals surface area contributed by atoms with Gasteiger partial charge in [-0.15, -0.1) is 0 Å². The Morgan fingerprint density at radius 2 is 2.06 bits per heavy atom. The van der Waals surface area contributed by atoms with Crippen LogP contribution >= 0.6 is 0 Å². The predicted molar refractivity (Wildman–Crippen MR) is 130 cm³/mol. The average molecular weight is 470 g/mol. The minimum absolute atomic E-state index is 0.0814. The van der Waals surface area contributed by atoms with Crippen molar-refractivity contribution >= 4 is 39.3 Å². The third-order valence-corrected chi connectivity index (χ3v) is 5.57. The third kappa shape index (κ3) is 3.95. The SMILES string of the molecule is CCC.Nc1c(F)c(NCCCn2[nH]c3ccccc32)c2c3c1c(=O)c(C(=O)O)cn3CCO2. The number of H-pyrrole nitrogens is 1. The van der Waals surface area contributed by atoms with Gasteiger partial charge in [-0.2, -0.15) is 0 Å². The lowest BCUT2D eigenvalue weighted by atomic mass is 10.1. The Hall–Kier alpha value is -3.95. The maximum Gasteiger partial charge on any atom is 0.341 e. The Morgan fingerprint density at radius 3 is 2.76 bits per heavy atom. The first kappa shape index (κ1) is 23.2. The number of hydrogen-bond acceptors (Lipinski definition) is 5. The van der Waals surface area contributed by atoms with Crippen molar-refractivity contribution < 1.29 is 19.0 Å². The van der Waals surface area contributed by atoms with E-state index in [2.05, 4.69) is 24.3 Å². The molecule has 3 heterocycles. The number of rotatable bonds is 6. The van der Waals surface area contributed by atoms with E-state index in [0.29, 0.717) is 31.6 Å². The molecule has 0 aliphatic carbocycles. The molecule has 180 valence electrons.